The van der Waals surface area contributed by atoms with Crippen molar-refractivity contribution < 1.29 is 9.59 Å². The van der Waals surface area contributed by atoms with Crippen LogP contribution in [0.5, 0.6) is 0 Å². The van der Waals surface area contributed by atoms with Crippen LogP contribution in [0.1, 0.15) is 33.3 Å². The molecule has 0 aliphatic carbocycles. The molecule has 0 N–H and O–H groups in total. The van der Waals surface area contributed by atoms with Crippen LogP contribution in [0.2, 0.25) is 0 Å². The smallest absolute Gasteiger partial charge is 0.290 e. The summed E-state index contributed by atoms with van der Waals surface area (Å²) in [7, 11) is 0. The summed E-state index contributed by atoms with van der Waals surface area (Å²) in [6.07, 6.45) is 0.176. The zero-order chi connectivity index (χ0) is 13.7. The number of ketones is 1. The van der Waals surface area contributed by atoms with E-state index in [9.17, 15) is 9.59 Å². The van der Waals surface area contributed by atoms with Gasteiger partial charge in [0.2, 0.25) is 5.78 Å². The fourth-order valence-corrected chi connectivity index (χ4v) is 2.07. The van der Waals surface area contributed by atoms with Gasteiger partial charge < -0.3 is 4.90 Å². The molecule has 0 atom stereocenters. The van der Waals surface area contributed by atoms with Crippen LogP contribution >= 0.6 is 0 Å². The Morgan fingerprint density at radius 1 is 1.00 bits per heavy atom. The van der Waals surface area contributed by atoms with Gasteiger partial charge in [-0.25, -0.2) is 0 Å². The molecule has 0 spiro atoms. The van der Waals surface area contributed by atoms with Gasteiger partial charge in [0.1, 0.15) is 0 Å². The number of hydrogen-bond donors (Lipinski definition) is 0. The van der Waals surface area contributed by atoms with Crippen molar-refractivity contribution in [3.8, 4) is 0 Å². The highest BCUT2D eigenvalue weighted by Crippen LogP contribution is 2.08. The number of rotatable bonds is 5. The molecule has 1 aromatic carbocycles. The van der Waals surface area contributed by atoms with Crippen molar-refractivity contribution >= 4 is 11.7 Å². The minimum Gasteiger partial charge on any atom is -0.331 e. The van der Waals surface area contributed by atoms with E-state index in [-0.39, 0.29) is 30.2 Å². The lowest BCUT2D eigenvalue weighted by Gasteiger charge is -2.30. The predicted molar refractivity (Wildman–Crippen MR) is 72.3 cm³/mol. The van der Waals surface area contributed by atoms with E-state index in [4.69, 9.17) is 0 Å². The number of benzene rings is 1. The van der Waals surface area contributed by atoms with Crippen molar-refractivity contribution in [2.75, 3.05) is 0 Å². The molecule has 0 fully saturated rings. The van der Waals surface area contributed by atoms with Gasteiger partial charge in [-0.3, -0.25) is 9.59 Å². The quantitative estimate of drug-likeness (QED) is 0.749. The molecule has 0 aliphatic heterocycles. The molecule has 0 saturated carbocycles. The maximum Gasteiger partial charge on any atom is 0.290 e. The SMILES string of the molecule is CC(C)N(C(=O)C(=O)Cc1ccccc1)C(C)C. The average Bonchev–Trinajstić information content (AvgIpc) is 2.29. The van der Waals surface area contributed by atoms with Gasteiger partial charge in [0.05, 0.1) is 0 Å². The van der Waals surface area contributed by atoms with Gasteiger partial charge in [-0.05, 0) is 33.3 Å². The van der Waals surface area contributed by atoms with Crippen molar-refractivity contribution in [1.29, 1.82) is 0 Å². The molecule has 1 aromatic rings. The summed E-state index contributed by atoms with van der Waals surface area (Å²) < 4.78 is 0. The molecular formula is C15H21NO2. The lowest BCUT2D eigenvalue weighted by Crippen LogP contribution is -2.46. The van der Waals surface area contributed by atoms with Crippen LogP contribution < -0.4 is 0 Å². The Kier molecular flexibility index (Phi) is 5.08. The summed E-state index contributed by atoms with van der Waals surface area (Å²) in [5, 5.41) is 0. The lowest BCUT2D eigenvalue weighted by molar-refractivity contribution is -0.146. The minimum absolute atomic E-state index is 0.0391. The van der Waals surface area contributed by atoms with Gasteiger partial charge in [0.15, 0.2) is 0 Å². The van der Waals surface area contributed by atoms with Crippen LogP contribution in [-0.2, 0) is 16.0 Å². The summed E-state index contributed by atoms with van der Waals surface area (Å²) in [5.74, 6) is -0.729. The number of hydrogen-bond acceptors (Lipinski definition) is 2. The second-order valence-electron chi connectivity index (χ2n) is 4.99. The van der Waals surface area contributed by atoms with Crippen LogP contribution in [0.3, 0.4) is 0 Å². The number of amides is 1. The maximum absolute atomic E-state index is 12.1. The highest BCUT2D eigenvalue weighted by molar-refractivity contribution is 6.36. The molecule has 18 heavy (non-hydrogen) atoms. The van der Waals surface area contributed by atoms with Crippen molar-refractivity contribution in [1.82, 2.24) is 4.90 Å². The van der Waals surface area contributed by atoms with Gasteiger partial charge >= 0.3 is 0 Å². The van der Waals surface area contributed by atoms with Gasteiger partial charge in [-0.15, -0.1) is 0 Å². The Morgan fingerprint density at radius 2 is 1.50 bits per heavy atom. The first-order chi connectivity index (χ1) is 8.43. The zero-order valence-corrected chi connectivity index (χ0v) is 11.5. The second kappa shape index (κ2) is 6.34. The van der Waals surface area contributed by atoms with Crippen LogP contribution in [0.15, 0.2) is 30.3 Å². The Hall–Kier alpha value is -1.64. The fraction of sp³-hybridized carbons (Fsp3) is 0.467. The lowest BCUT2D eigenvalue weighted by atomic mass is 10.1. The van der Waals surface area contributed by atoms with Crippen molar-refractivity contribution in [2.24, 2.45) is 0 Å². The average molecular weight is 247 g/mol. The highest BCUT2D eigenvalue weighted by atomic mass is 16.2. The molecule has 0 aliphatic rings. The molecule has 1 rings (SSSR count). The number of nitrogens with zero attached hydrogens (tertiary/aromatic N) is 1. The van der Waals surface area contributed by atoms with Crippen LogP contribution in [0, 0.1) is 0 Å². The number of carbonyl (C=O) groups excluding carboxylic acids is 2. The Bertz CT molecular complexity index is 402. The van der Waals surface area contributed by atoms with E-state index >= 15 is 0 Å². The third kappa shape index (κ3) is 3.69. The van der Waals surface area contributed by atoms with E-state index in [0.717, 1.165) is 5.56 Å². The van der Waals surface area contributed by atoms with Gasteiger partial charge in [-0.2, -0.15) is 0 Å². The minimum atomic E-state index is -0.385. The molecule has 0 heterocycles. The summed E-state index contributed by atoms with van der Waals surface area (Å²) in [5.41, 5.74) is 0.878. The predicted octanol–water partition coefficient (Wildman–Crippen LogP) is 2.44. The monoisotopic (exact) mass is 247 g/mol. The van der Waals surface area contributed by atoms with E-state index in [1.54, 1.807) is 4.90 Å². The molecule has 0 saturated heterocycles. The Morgan fingerprint density at radius 3 is 1.94 bits per heavy atom. The Balaban J connectivity index is 2.75. The van der Waals surface area contributed by atoms with Gasteiger partial charge in [-0.1, -0.05) is 30.3 Å². The van der Waals surface area contributed by atoms with Gasteiger partial charge in [0, 0.05) is 18.5 Å². The standard InChI is InChI=1S/C15H21NO2/c1-11(2)16(12(3)4)15(18)14(17)10-13-8-6-5-7-9-13/h5-9,11-12H,10H2,1-4H3. The molecule has 0 unspecified atom stereocenters. The molecule has 3 heteroatoms. The van der Waals surface area contributed by atoms with E-state index in [2.05, 4.69) is 0 Å². The van der Waals surface area contributed by atoms with Crippen molar-refractivity contribution in [2.45, 2.75) is 46.2 Å². The summed E-state index contributed by atoms with van der Waals surface area (Å²) >= 11 is 0. The third-order valence-electron chi connectivity index (χ3n) is 2.79. The van der Waals surface area contributed by atoms with E-state index in [1.165, 1.54) is 0 Å². The summed E-state index contributed by atoms with van der Waals surface area (Å²) in [4.78, 5) is 25.7. The molecular weight excluding hydrogens is 226 g/mol. The number of Topliss-reactive ketones (excluding diaryl/α,β-unsaturated/α-hetero) is 1. The molecule has 98 valence electrons. The van der Waals surface area contributed by atoms with Crippen LogP contribution in [-0.4, -0.2) is 28.7 Å². The van der Waals surface area contributed by atoms with Crippen LogP contribution in [0.4, 0.5) is 0 Å². The summed E-state index contributed by atoms with van der Waals surface area (Å²) in [6.45, 7) is 7.70. The molecule has 1 amide bonds. The molecule has 0 radical (unpaired) electrons. The first-order valence-electron chi connectivity index (χ1n) is 6.33. The first-order valence-corrected chi connectivity index (χ1v) is 6.33. The molecule has 0 aromatic heterocycles. The summed E-state index contributed by atoms with van der Waals surface area (Å²) in [6, 6.07) is 9.44. The topological polar surface area (TPSA) is 37.4 Å². The van der Waals surface area contributed by atoms with Crippen LogP contribution in [0.25, 0.3) is 0 Å². The number of carbonyl (C=O) groups is 2. The molecule has 0 bridgehead atoms. The first kappa shape index (κ1) is 14.4. The normalized spacial score (nSPS) is 10.8. The van der Waals surface area contributed by atoms with E-state index < -0.39 is 0 Å². The van der Waals surface area contributed by atoms with E-state index in [1.807, 2.05) is 58.0 Å². The fourth-order valence-electron chi connectivity index (χ4n) is 2.07. The molecule has 3 nitrogen and oxygen atoms in total. The van der Waals surface area contributed by atoms with Gasteiger partial charge in [0.25, 0.3) is 5.91 Å². The van der Waals surface area contributed by atoms with E-state index in [0.29, 0.717) is 0 Å². The largest absolute Gasteiger partial charge is 0.331 e. The van der Waals surface area contributed by atoms with Crippen molar-refractivity contribution in [3.05, 3.63) is 35.9 Å². The second-order valence-corrected chi connectivity index (χ2v) is 4.99. The third-order valence-corrected chi connectivity index (χ3v) is 2.79. The van der Waals surface area contributed by atoms with Crippen molar-refractivity contribution in [3.63, 3.8) is 0 Å². The zero-order valence-electron chi connectivity index (χ0n) is 11.5. The Labute approximate surface area is 109 Å². The maximum atomic E-state index is 12.1. The highest BCUT2D eigenvalue weighted by Gasteiger charge is 2.25.